The van der Waals surface area contributed by atoms with Gasteiger partial charge in [0.2, 0.25) is 0 Å². The normalized spacial score (nSPS) is 15.9. The number of halogens is 1. The van der Waals surface area contributed by atoms with E-state index >= 15 is 0 Å². The molecule has 2 N–H and O–H groups in total. The molecule has 1 saturated heterocycles. The first-order chi connectivity index (χ1) is 13.6. The number of hydrogen-bond acceptors (Lipinski definition) is 4. The maximum atomic E-state index is 6.17. The molecule has 0 radical (unpaired) electrons. The molecule has 1 aliphatic heterocycles. The summed E-state index contributed by atoms with van der Waals surface area (Å²) in [5.74, 6) is 0.756. The lowest BCUT2D eigenvalue weighted by Crippen LogP contribution is -2.41. The van der Waals surface area contributed by atoms with Gasteiger partial charge in [-0.1, -0.05) is 11.6 Å². The highest BCUT2D eigenvalue weighted by atomic mass is 35.5. The minimum absolute atomic E-state index is 0.678. The fraction of sp³-hybridized carbons (Fsp3) is 0.333. The van der Waals surface area contributed by atoms with Crippen molar-refractivity contribution in [2.75, 3.05) is 32.1 Å². The van der Waals surface area contributed by atoms with Crippen LogP contribution in [0.2, 0.25) is 5.02 Å². The molecule has 0 spiro atoms. The highest BCUT2D eigenvalue weighted by molar-refractivity contribution is 6.31. The molecule has 0 saturated carbocycles. The van der Waals surface area contributed by atoms with Gasteiger partial charge >= 0.3 is 0 Å². The van der Waals surface area contributed by atoms with Gasteiger partial charge in [0.05, 0.1) is 16.6 Å². The van der Waals surface area contributed by atoms with Crippen molar-refractivity contribution in [1.29, 1.82) is 0 Å². The Hall–Kier alpha value is -2.57. The van der Waals surface area contributed by atoms with Crippen LogP contribution in [0.15, 0.2) is 36.4 Å². The molecule has 7 heteroatoms. The molecule has 0 atom stereocenters. The fourth-order valence-corrected chi connectivity index (χ4v) is 4.28. The highest BCUT2D eigenvalue weighted by Gasteiger charge is 2.21. The molecule has 6 nitrogen and oxygen atoms in total. The SMILES string of the molecule is CN(C)C1CCN(c2ccc3[nH]c(-c4n[nH]c5ccc(Cl)cc45)nc3c2)CC1. The van der Waals surface area contributed by atoms with E-state index in [4.69, 9.17) is 16.6 Å². The van der Waals surface area contributed by atoms with Crippen LogP contribution in [0.5, 0.6) is 0 Å². The molecular formula is C21H23ClN6. The largest absolute Gasteiger partial charge is 0.371 e. The van der Waals surface area contributed by atoms with E-state index in [9.17, 15) is 0 Å². The Kier molecular flexibility index (Phi) is 4.25. The molecule has 1 aliphatic rings. The van der Waals surface area contributed by atoms with Gasteiger partial charge in [0, 0.05) is 35.2 Å². The molecule has 28 heavy (non-hydrogen) atoms. The van der Waals surface area contributed by atoms with Gasteiger partial charge in [0.1, 0.15) is 5.69 Å². The zero-order valence-corrected chi connectivity index (χ0v) is 16.8. The Labute approximate surface area is 168 Å². The van der Waals surface area contributed by atoms with Crippen molar-refractivity contribution in [2.45, 2.75) is 18.9 Å². The van der Waals surface area contributed by atoms with E-state index in [1.807, 2.05) is 18.2 Å². The van der Waals surface area contributed by atoms with Gasteiger partial charge in [-0.3, -0.25) is 5.10 Å². The van der Waals surface area contributed by atoms with Crippen LogP contribution in [0.3, 0.4) is 0 Å². The summed E-state index contributed by atoms with van der Waals surface area (Å²) in [4.78, 5) is 13.0. The Morgan fingerprint density at radius 3 is 2.64 bits per heavy atom. The van der Waals surface area contributed by atoms with Gasteiger partial charge in [-0.2, -0.15) is 5.10 Å². The number of imidazole rings is 1. The molecule has 1 fully saturated rings. The van der Waals surface area contributed by atoms with Crippen molar-refractivity contribution >= 4 is 39.2 Å². The third-order valence-electron chi connectivity index (χ3n) is 5.78. The fourth-order valence-electron chi connectivity index (χ4n) is 4.11. The first kappa shape index (κ1) is 17.5. The molecule has 0 unspecified atom stereocenters. The molecule has 0 amide bonds. The van der Waals surface area contributed by atoms with Crippen molar-refractivity contribution in [1.82, 2.24) is 25.1 Å². The van der Waals surface area contributed by atoms with E-state index in [1.54, 1.807) is 0 Å². The number of H-pyrrole nitrogens is 2. The Morgan fingerprint density at radius 2 is 1.86 bits per heavy atom. The second kappa shape index (κ2) is 6.79. The Morgan fingerprint density at radius 1 is 1.07 bits per heavy atom. The third kappa shape index (κ3) is 3.02. The summed E-state index contributed by atoms with van der Waals surface area (Å²) in [5, 5.41) is 9.16. The van der Waals surface area contributed by atoms with Crippen molar-refractivity contribution < 1.29 is 0 Å². The average Bonchev–Trinajstić information content (AvgIpc) is 3.30. The summed E-state index contributed by atoms with van der Waals surface area (Å²) in [5.41, 5.74) is 4.95. The van der Waals surface area contributed by atoms with Gasteiger partial charge in [-0.15, -0.1) is 0 Å². The lowest BCUT2D eigenvalue weighted by atomic mass is 10.0. The number of hydrogen-bond donors (Lipinski definition) is 2. The maximum absolute atomic E-state index is 6.17. The van der Waals surface area contributed by atoms with E-state index in [-0.39, 0.29) is 0 Å². The molecule has 0 aliphatic carbocycles. The van der Waals surface area contributed by atoms with Gasteiger partial charge in [-0.05, 0) is 63.3 Å². The van der Waals surface area contributed by atoms with E-state index in [0.29, 0.717) is 11.1 Å². The summed E-state index contributed by atoms with van der Waals surface area (Å²) in [6.45, 7) is 2.16. The number of nitrogens with zero attached hydrogens (tertiary/aromatic N) is 4. The maximum Gasteiger partial charge on any atom is 0.159 e. The van der Waals surface area contributed by atoms with Crippen LogP contribution < -0.4 is 4.90 Å². The first-order valence-electron chi connectivity index (χ1n) is 9.63. The van der Waals surface area contributed by atoms with Crippen molar-refractivity contribution in [3.05, 3.63) is 41.4 Å². The van der Waals surface area contributed by atoms with Crippen molar-refractivity contribution in [2.24, 2.45) is 0 Å². The van der Waals surface area contributed by atoms with Gasteiger partial charge in [0.15, 0.2) is 5.82 Å². The zero-order chi connectivity index (χ0) is 19.3. The minimum atomic E-state index is 0.678. The standard InChI is InChI=1S/C21H23ClN6/c1-27(2)14-7-9-28(10-8-14)15-4-6-18-19(12-15)24-21(23-18)20-16-11-13(22)3-5-17(16)25-26-20/h3-6,11-12,14H,7-10H2,1-2H3,(H,23,24)(H,25,26). The first-order valence-corrected chi connectivity index (χ1v) is 10.0. The summed E-state index contributed by atoms with van der Waals surface area (Å²) in [6.07, 6.45) is 2.38. The van der Waals surface area contributed by atoms with E-state index in [1.165, 1.54) is 18.5 Å². The van der Waals surface area contributed by atoms with Crippen LogP contribution in [-0.4, -0.2) is 58.3 Å². The highest BCUT2D eigenvalue weighted by Crippen LogP contribution is 2.30. The van der Waals surface area contributed by atoms with Gasteiger partial charge in [0.25, 0.3) is 0 Å². The molecule has 4 aromatic rings. The van der Waals surface area contributed by atoms with Gasteiger partial charge < -0.3 is 14.8 Å². The smallest absolute Gasteiger partial charge is 0.159 e. The minimum Gasteiger partial charge on any atom is -0.371 e. The second-order valence-electron chi connectivity index (χ2n) is 7.73. The van der Waals surface area contributed by atoms with Crippen LogP contribution in [0.1, 0.15) is 12.8 Å². The number of fused-ring (bicyclic) bond motifs is 2. The number of aromatic amines is 2. The Balaban J connectivity index is 1.46. The molecule has 3 heterocycles. The van der Waals surface area contributed by atoms with E-state index < -0.39 is 0 Å². The predicted octanol–water partition coefficient (Wildman–Crippen LogP) is 4.29. The third-order valence-corrected chi connectivity index (χ3v) is 6.01. The second-order valence-corrected chi connectivity index (χ2v) is 8.17. The number of aromatic nitrogens is 4. The van der Waals surface area contributed by atoms with E-state index in [2.05, 4.69) is 57.3 Å². The molecular weight excluding hydrogens is 372 g/mol. The molecule has 2 aromatic carbocycles. The number of rotatable bonds is 3. The summed E-state index contributed by atoms with van der Waals surface area (Å²) >= 11 is 6.17. The zero-order valence-electron chi connectivity index (χ0n) is 16.0. The Bertz CT molecular complexity index is 1140. The van der Waals surface area contributed by atoms with Crippen LogP contribution in [-0.2, 0) is 0 Å². The van der Waals surface area contributed by atoms with Crippen molar-refractivity contribution in [3.63, 3.8) is 0 Å². The lowest BCUT2D eigenvalue weighted by Gasteiger charge is -2.36. The quantitative estimate of drug-likeness (QED) is 0.544. The number of benzene rings is 2. The predicted molar refractivity (Wildman–Crippen MR) is 115 cm³/mol. The molecule has 5 rings (SSSR count). The molecule has 0 bridgehead atoms. The van der Waals surface area contributed by atoms with Gasteiger partial charge in [-0.25, -0.2) is 4.98 Å². The van der Waals surface area contributed by atoms with Crippen LogP contribution >= 0.6 is 11.6 Å². The van der Waals surface area contributed by atoms with Crippen molar-refractivity contribution in [3.8, 4) is 11.5 Å². The number of anilines is 1. The van der Waals surface area contributed by atoms with Crippen LogP contribution in [0.4, 0.5) is 5.69 Å². The van der Waals surface area contributed by atoms with Crippen LogP contribution in [0, 0.1) is 0 Å². The summed E-state index contributed by atoms with van der Waals surface area (Å²) in [7, 11) is 4.34. The number of piperidine rings is 1. The summed E-state index contributed by atoms with van der Waals surface area (Å²) in [6, 6.07) is 12.9. The van der Waals surface area contributed by atoms with Crippen LogP contribution in [0.25, 0.3) is 33.5 Å². The average molecular weight is 395 g/mol. The molecule has 2 aromatic heterocycles. The lowest BCUT2D eigenvalue weighted by molar-refractivity contribution is 0.249. The molecule has 144 valence electrons. The van der Waals surface area contributed by atoms with E-state index in [0.717, 1.165) is 46.5 Å². The number of nitrogens with one attached hydrogen (secondary N) is 2. The monoisotopic (exact) mass is 394 g/mol. The topological polar surface area (TPSA) is 63.8 Å². The summed E-state index contributed by atoms with van der Waals surface area (Å²) < 4.78 is 0.